The van der Waals surface area contributed by atoms with Gasteiger partial charge in [0.2, 0.25) is 0 Å². The predicted molar refractivity (Wildman–Crippen MR) is 112 cm³/mol. The summed E-state index contributed by atoms with van der Waals surface area (Å²) >= 11 is 0. The van der Waals surface area contributed by atoms with Gasteiger partial charge in [-0.25, -0.2) is 0 Å². The average molecular weight is 429 g/mol. The maximum atomic E-state index is 13.0. The van der Waals surface area contributed by atoms with Crippen molar-refractivity contribution in [1.82, 2.24) is 0 Å². The van der Waals surface area contributed by atoms with Crippen molar-refractivity contribution in [1.29, 1.82) is 0 Å². The molecule has 0 aromatic heterocycles. The molecule has 0 N–H and O–H groups in total. The number of rotatable bonds is 9. The average Bonchev–Trinajstić information content (AvgIpc) is 2.74. The second-order valence-electron chi connectivity index (χ2n) is 9.50. The topological polar surface area (TPSA) is 9.23 Å². The zero-order valence-corrected chi connectivity index (χ0v) is 18.1. The first-order valence-electron chi connectivity index (χ1n) is 11.8. The van der Waals surface area contributed by atoms with E-state index in [1.165, 1.54) is 76.3 Å². The van der Waals surface area contributed by atoms with Gasteiger partial charge in [0.1, 0.15) is 5.75 Å². The van der Waals surface area contributed by atoms with E-state index >= 15 is 0 Å². The lowest BCUT2D eigenvalue weighted by molar-refractivity contribution is -0.253. The van der Waals surface area contributed by atoms with Crippen molar-refractivity contribution in [2.75, 3.05) is 0 Å². The van der Waals surface area contributed by atoms with Gasteiger partial charge in [0.05, 0.1) is 0 Å². The number of hydrogen-bond donors (Lipinski definition) is 0. The quantitative estimate of drug-likeness (QED) is 0.358. The van der Waals surface area contributed by atoms with E-state index in [0.29, 0.717) is 5.92 Å². The monoisotopic (exact) mass is 428 g/mol. The Morgan fingerprint density at radius 3 is 1.73 bits per heavy atom. The predicted octanol–water partition coefficient (Wildman–Crippen LogP) is 8.58. The molecule has 1 nitrogen and oxygen atoms in total. The van der Waals surface area contributed by atoms with Crippen LogP contribution in [0.15, 0.2) is 24.3 Å². The van der Waals surface area contributed by atoms with E-state index in [-0.39, 0.29) is 5.75 Å². The Balaban J connectivity index is 1.38. The molecule has 0 saturated heterocycles. The molecule has 2 saturated carbocycles. The molecule has 1 aromatic carbocycles. The normalized spacial score (nSPS) is 27.9. The van der Waals surface area contributed by atoms with Crippen molar-refractivity contribution in [2.45, 2.75) is 102 Å². The zero-order valence-electron chi connectivity index (χ0n) is 18.1. The van der Waals surface area contributed by atoms with E-state index < -0.39 is 12.5 Å². The van der Waals surface area contributed by atoms with Crippen LogP contribution in [-0.4, -0.2) is 12.5 Å². The van der Waals surface area contributed by atoms with Gasteiger partial charge in [-0.3, -0.25) is 0 Å². The Labute approximate surface area is 178 Å². The Morgan fingerprint density at radius 2 is 1.27 bits per heavy atom. The van der Waals surface area contributed by atoms with Gasteiger partial charge in [-0.05, 0) is 67.1 Å². The molecule has 2 aliphatic rings. The van der Waals surface area contributed by atoms with Crippen LogP contribution < -0.4 is 4.74 Å². The van der Waals surface area contributed by atoms with Crippen molar-refractivity contribution in [3.05, 3.63) is 29.8 Å². The molecule has 170 valence electrons. The molecule has 30 heavy (non-hydrogen) atoms. The number of benzene rings is 1. The van der Waals surface area contributed by atoms with Crippen LogP contribution in [0, 0.1) is 17.8 Å². The summed E-state index contributed by atoms with van der Waals surface area (Å²) in [5.41, 5.74) is 1.09. The van der Waals surface area contributed by atoms with Crippen LogP contribution in [0.4, 0.5) is 17.6 Å². The highest BCUT2D eigenvalue weighted by Gasteiger charge is 2.44. The van der Waals surface area contributed by atoms with Crippen molar-refractivity contribution in [3.63, 3.8) is 0 Å². The van der Waals surface area contributed by atoms with Crippen LogP contribution >= 0.6 is 0 Å². The van der Waals surface area contributed by atoms with Gasteiger partial charge in [0.15, 0.2) is 0 Å². The Hall–Kier alpha value is -1.26. The van der Waals surface area contributed by atoms with Crippen LogP contribution in [0.2, 0.25) is 0 Å². The summed E-state index contributed by atoms with van der Waals surface area (Å²) in [6.07, 6.45) is 7.49. The van der Waals surface area contributed by atoms with Crippen molar-refractivity contribution in [2.24, 2.45) is 17.8 Å². The molecule has 1 aromatic rings. The molecule has 5 heteroatoms. The molecule has 2 aliphatic carbocycles. The summed E-state index contributed by atoms with van der Waals surface area (Å²) in [6, 6.07) is 6.26. The Morgan fingerprint density at radius 1 is 0.800 bits per heavy atom. The Kier molecular flexibility index (Phi) is 8.47. The standard InChI is InChI=1S/C25H36F4O/c1-2-3-18-4-6-19(7-5-18)8-9-20-10-12-21(13-11-20)22-14-16-23(17-15-22)30-25(28,29)24(26)27/h14-21,24H,2-13H2,1H3. The lowest BCUT2D eigenvalue weighted by atomic mass is 9.74. The van der Waals surface area contributed by atoms with E-state index in [1.54, 1.807) is 12.1 Å². The molecule has 0 aliphatic heterocycles. The molecule has 0 radical (unpaired) electrons. The molecule has 0 amide bonds. The maximum Gasteiger partial charge on any atom is 0.461 e. The summed E-state index contributed by atoms with van der Waals surface area (Å²) < 4.78 is 54.7. The van der Waals surface area contributed by atoms with Gasteiger partial charge in [0, 0.05) is 0 Å². The second-order valence-corrected chi connectivity index (χ2v) is 9.50. The molecule has 0 heterocycles. The third-order valence-corrected chi connectivity index (χ3v) is 7.35. The number of halogens is 4. The summed E-state index contributed by atoms with van der Waals surface area (Å²) in [7, 11) is 0. The summed E-state index contributed by atoms with van der Waals surface area (Å²) in [4.78, 5) is 0. The molecule has 0 atom stereocenters. The first kappa shape index (κ1) is 23.4. The van der Waals surface area contributed by atoms with E-state index in [1.807, 2.05) is 0 Å². The zero-order chi connectivity index (χ0) is 21.6. The molecule has 0 unspecified atom stereocenters. The highest BCUT2D eigenvalue weighted by atomic mass is 19.3. The van der Waals surface area contributed by atoms with Gasteiger partial charge in [-0.2, -0.15) is 17.6 Å². The van der Waals surface area contributed by atoms with Crippen LogP contribution in [0.25, 0.3) is 0 Å². The summed E-state index contributed by atoms with van der Waals surface area (Å²) in [5.74, 6) is 2.92. The van der Waals surface area contributed by atoms with Gasteiger partial charge in [-0.15, -0.1) is 0 Å². The second kappa shape index (κ2) is 10.9. The highest BCUT2D eigenvalue weighted by molar-refractivity contribution is 5.30. The van der Waals surface area contributed by atoms with Gasteiger partial charge in [-0.1, -0.05) is 70.4 Å². The van der Waals surface area contributed by atoms with Gasteiger partial charge >= 0.3 is 12.5 Å². The first-order valence-corrected chi connectivity index (χ1v) is 11.8. The third kappa shape index (κ3) is 6.62. The van der Waals surface area contributed by atoms with Gasteiger partial charge < -0.3 is 4.74 Å². The number of alkyl halides is 4. The lowest BCUT2D eigenvalue weighted by Gasteiger charge is -2.32. The van der Waals surface area contributed by atoms with E-state index in [0.717, 1.165) is 36.2 Å². The minimum Gasteiger partial charge on any atom is -0.428 e. The number of hydrogen-bond acceptors (Lipinski definition) is 1. The molecule has 0 bridgehead atoms. The molecule has 0 spiro atoms. The van der Waals surface area contributed by atoms with Crippen LogP contribution in [0.1, 0.15) is 95.5 Å². The fourth-order valence-electron chi connectivity index (χ4n) is 5.48. The summed E-state index contributed by atoms with van der Waals surface area (Å²) in [6.45, 7) is 2.29. The van der Waals surface area contributed by atoms with E-state index in [2.05, 4.69) is 11.7 Å². The molecular weight excluding hydrogens is 392 g/mol. The Bertz CT molecular complexity index is 615. The lowest BCUT2D eigenvalue weighted by Crippen LogP contribution is -2.33. The largest absolute Gasteiger partial charge is 0.461 e. The SMILES string of the molecule is CCCC1CCC(CCC2CCC(c3ccc(OC(F)(F)C(F)F)cc3)CC2)CC1. The number of ether oxygens (including phenoxy) is 1. The minimum atomic E-state index is -4.45. The molecule has 3 rings (SSSR count). The van der Waals surface area contributed by atoms with Crippen LogP contribution in [0.3, 0.4) is 0 Å². The van der Waals surface area contributed by atoms with E-state index in [4.69, 9.17) is 0 Å². The summed E-state index contributed by atoms with van der Waals surface area (Å²) in [5, 5.41) is 0. The third-order valence-electron chi connectivity index (χ3n) is 7.35. The highest BCUT2D eigenvalue weighted by Crippen LogP contribution is 2.40. The molecular formula is C25H36F4O. The first-order chi connectivity index (χ1) is 14.4. The van der Waals surface area contributed by atoms with E-state index in [9.17, 15) is 17.6 Å². The maximum absolute atomic E-state index is 13.0. The van der Waals surface area contributed by atoms with Crippen molar-refractivity contribution < 1.29 is 22.3 Å². The fourth-order valence-corrected chi connectivity index (χ4v) is 5.48. The smallest absolute Gasteiger partial charge is 0.428 e. The van der Waals surface area contributed by atoms with Crippen molar-refractivity contribution in [3.8, 4) is 5.75 Å². The van der Waals surface area contributed by atoms with Gasteiger partial charge in [0.25, 0.3) is 0 Å². The fraction of sp³-hybridized carbons (Fsp3) is 0.760. The van der Waals surface area contributed by atoms with Crippen LogP contribution in [-0.2, 0) is 0 Å². The minimum absolute atomic E-state index is 0.216. The van der Waals surface area contributed by atoms with Crippen LogP contribution in [0.5, 0.6) is 5.75 Å². The molecule has 2 fully saturated rings. The van der Waals surface area contributed by atoms with Crippen molar-refractivity contribution >= 4 is 0 Å².